The first-order valence-electron chi connectivity index (χ1n) is 13.0. The molecule has 2 aromatic carbocycles. The fourth-order valence-electron chi connectivity index (χ4n) is 4.41. The lowest BCUT2D eigenvalue weighted by Crippen LogP contribution is -2.47. The lowest BCUT2D eigenvalue weighted by molar-refractivity contribution is -0.124. The molecule has 0 heterocycles. The van der Waals surface area contributed by atoms with Gasteiger partial charge in [-0.3, -0.25) is 4.79 Å². The average molecular weight is 637 g/mol. The third-order valence-electron chi connectivity index (χ3n) is 6.24. The number of aliphatic hydroxyl groups is 1. The van der Waals surface area contributed by atoms with Gasteiger partial charge in [0.2, 0.25) is 0 Å². The molecule has 13 heteroatoms. The summed E-state index contributed by atoms with van der Waals surface area (Å²) in [5, 5.41) is 23.5. The number of ether oxygens (including phenoxy) is 2. The highest BCUT2D eigenvalue weighted by molar-refractivity contribution is 6.31. The molecule has 2 aromatic rings. The van der Waals surface area contributed by atoms with Crippen molar-refractivity contribution in [2.24, 2.45) is 17.1 Å². The molecule has 0 spiro atoms. The van der Waals surface area contributed by atoms with Crippen molar-refractivity contribution in [3.8, 4) is 11.5 Å². The summed E-state index contributed by atoms with van der Waals surface area (Å²) in [4.78, 5) is 27.8. The number of benzene rings is 2. The van der Waals surface area contributed by atoms with Crippen LogP contribution in [0, 0.1) is 17.2 Å². The van der Waals surface area contributed by atoms with Gasteiger partial charge in [-0.25, -0.2) is 4.39 Å². The number of nitrogens with one attached hydrogen (secondary N) is 2. The number of rotatable bonds is 9. The van der Waals surface area contributed by atoms with E-state index in [0.29, 0.717) is 40.4 Å². The van der Waals surface area contributed by atoms with Gasteiger partial charge in [-0.1, -0.05) is 36.5 Å². The van der Waals surface area contributed by atoms with Crippen LogP contribution in [-0.2, 0) is 19.1 Å². The van der Waals surface area contributed by atoms with Crippen molar-refractivity contribution < 1.29 is 38.5 Å². The first-order chi connectivity index (χ1) is 20.2. The molecule has 2 saturated carbocycles. The fourth-order valence-corrected chi connectivity index (χ4v) is 4.69. The van der Waals surface area contributed by atoms with Gasteiger partial charge in [-0.2, -0.15) is 0 Å². The van der Waals surface area contributed by atoms with Crippen LogP contribution < -0.4 is 21.1 Å². The Morgan fingerprint density at radius 1 is 1.14 bits per heavy atom. The minimum absolute atomic E-state index is 0.0438. The predicted octanol–water partition coefficient (Wildman–Crippen LogP) is 4.47. The van der Waals surface area contributed by atoms with Gasteiger partial charge in [0.05, 0.1) is 23.9 Å². The van der Waals surface area contributed by atoms with E-state index in [4.69, 9.17) is 47.7 Å². The second-order valence-corrected chi connectivity index (χ2v) is 9.64. The minimum Gasteiger partial charge on any atom is -0.506 e. The lowest BCUT2D eigenvalue weighted by Gasteiger charge is -2.35. The molecule has 0 aromatic heterocycles. The van der Waals surface area contributed by atoms with Crippen molar-refractivity contribution in [2.45, 2.75) is 38.6 Å². The summed E-state index contributed by atoms with van der Waals surface area (Å²) in [6.45, 7) is 6.68. The topological polar surface area (TPSA) is 160 Å². The van der Waals surface area contributed by atoms with Gasteiger partial charge >= 0.3 is 0 Å². The van der Waals surface area contributed by atoms with Crippen LogP contribution in [0.5, 0.6) is 11.5 Å². The van der Waals surface area contributed by atoms with Crippen LogP contribution in [0.1, 0.15) is 32.6 Å². The highest BCUT2D eigenvalue weighted by Gasteiger charge is 2.66. The molecule has 6 N–H and O–H groups in total. The van der Waals surface area contributed by atoms with Gasteiger partial charge in [-0.15, -0.1) is 0 Å². The van der Waals surface area contributed by atoms with Crippen LogP contribution in [-0.4, -0.2) is 76.8 Å². The van der Waals surface area contributed by atoms with Crippen molar-refractivity contribution >= 4 is 48.4 Å². The average Bonchev–Trinajstić information content (AvgIpc) is 3.61. The molecule has 3 atom stereocenters. The zero-order chi connectivity index (χ0) is 32.7. The number of anilines is 1. The fraction of sp³-hybridized carbons (Fsp3) is 0.483. The quantitative estimate of drug-likeness (QED) is 0.250. The molecule has 0 aliphatic heterocycles. The van der Waals surface area contributed by atoms with Crippen molar-refractivity contribution in [2.75, 3.05) is 46.3 Å². The molecular formula is C29H44Cl2FN3O7. The van der Waals surface area contributed by atoms with E-state index in [-0.39, 0.29) is 29.9 Å². The summed E-state index contributed by atoms with van der Waals surface area (Å²) in [7, 11) is 4.78. The number of aliphatic hydroxyl groups excluding tert-OH is 1. The number of halogens is 3. The van der Waals surface area contributed by atoms with Crippen molar-refractivity contribution in [3.05, 3.63) is 52.3 Å². The van der Waals surface area contributed by atoms with Crippen molar-refractivity contribution in [1.82, 2.24) is 5.32 Å². The Hall–Kier alpha value is -2.96. The van der Waals surface area contributed by atoms with Crippen LogP contribution in [0.4, 0.5) is 10.1 Å². The van der Waals surface area contributed by atoms with Crippen molar-refractivity contribution in [3.63, 3.8) is 0 Å². The van der Waals surface area contributed by atoms with E-state index in [1.54, 1.807) is 38.4 Å². The highest BCUT2D eigenvalue weighted by atomic mass is 35.5. The number of methoxy groups -OCH3 is 1. The molecule has 3 unspecified atom stereocenters. The van der Waals surface area contributed by atoms with E-state index >= 15 is 0 Å². The zero-order valence-corrected chi connectivity index (χ0v) is 26.1. The van der Waals surface area contributed by atoms with Crippen LogP contribution >= 0.6 is 23.2 Å². The standard InChI is InChI=1S/C16H19ClFNO2.C7H8ClNO.C3H8O2.CH5N.2CH2O/c1-2-5-16-7-11(16)14(8-16)19-15(20)9-21-10-3-4-12(17)13(18)6-10;1-9-6-4-5(8)2-3-7(6)10;1-5-3-2-4;3*1-2/h3-4,6,11,14H,2,5,7-9H2,1H3,(H,19,20);2-4,9-10H,1H3;4H,2-3H2,1H3;2H2,1H3;2*1H2. The molecule has 2 aliphatic carbocycles. The number of phenolic OH excluding ortho intramolecular Hbond substituents is 1. The number of aromatic hydroxyl groups is 1. The number of amides is 1. The first kappa shape index (κ1) is 41.2. The smallest absolute Gasteiger partial charge is 0.258 e. The number of hydrogen-bond acceptors (Lipinski definition) is 9. The number of nitrogens with two attached hydrogens (primary N) is 1. The summed E-state index contributed by atoms with van der Waals surface area (Å²) >= 11 is 11.2. The van der Waals surface area contributed by atoms with Gasteiger partial charge in [0.1, 0.15) is 30.9 Å². The number of hydrogen-bond donors (Lipinski definition) is 5. The molecule has 2 aliphatic rings. The minimum atomic E-state index is -0.545. The maximum Gasteiger partial charge on any atom is 0.258 e. The number of carbonyl (C=O) groups is 3. The Morgan fingerprint density at radius 3 is 2.24 bits per heavy atom. The van der Waals surface area contributed by atoms with E-state index in [9.17, 15) is 9.18 Å². The van der Waals surface area contributed by atoms with Gasteiger partial charge in [0, 0.05) is 31.3 Å². The van der Waals surface area contributed by atoms with E-state index in [1.165, 1.54) is 38.4 Å². The van der Waals surface area contributed by atoms with Crippen molar-refractivity contribution in [1.29, 1.82) is 0 Å². The second-order valence-electron chi connectivity index (χ2n) is 8.79. The maximum absolute atomic E-state index is 13.2. The van der Waals surface area contributed by atoms with Gasteiger partial charge in [0.25, 0.3) is 5.91 Å². The van der Waals surface area contributed by atoms with E-state index < -0.39 is 5.82 Å². The molecule has 0 radical (unpaired) electrons. The molecule has 2 fully saturated rings. The number of carbonyl (C=O) groups excluding carboxylic acids is 3. The van der Waals surface area contributed by atoms with Crippen LogP contribution in [0.25, 0.3) is 0 Å². The first-order valence-corrected chi connectivity index (χ1v) is 13.7. The van der Waals surface area contributed by atoms with E-state index in [1.807, 2.05) is 13.6 Å². The highest BCUT2D eigenvalue weighted by Crippen LogP contribution is 2.69. The van der Waals surface area contributed by atoms with Gasteiger partial charge in [-0.05, 0) is 68.0 Å². The van der Waals surface area contributed by atoms with Gasteiger partial charge in [0.15, 0.2) is 6.61 Å². The molecular weight excluding hydrogens is 592 g/mol. The normalized spacial score (nSPS) is 18.2. The Kier molecular flexibility index (Phi) is 23.1. The Morgan fingerprint density at radius 2 is 1.79 bits per heavy atom. The van der Waals surface area contributed by atoms with E-state index in [2.05, 4.69) is 28.0 Å². The molecule has 10 nitrogen and oxygen atoms in total. The second kappa shape index (κ2) is 23.6. The Labute approximate surface area is 257 Å². The molecule has 42 heavy (non-hydrogen) atoms. The summed E-state index contributed by atoms with van der Waals surface area (Å²) in [5.74, 6) is 0.497. The maximum atomic E-state index is 13.2. The number of fused-ring (bicyclic) bond motifs is 1. The largest absolute Gasteiger partial charge is 0.506 e. The van der Waals surface area contributed by atoms with Gasteiger partial charge < -0.3 is 45.6 Å². The summed E-state index contributed by atoms with van der Waals surface area (Å²) in [6, 6.07) is 9.30. The third kappa shape index (κ3) is 14.3. The molecule has 0 saturated heterocycles. The van der Waals surface area contributed by atoms with E-state index in [0.717, 1.165) is 6.42 Å². The molecule has 238 valence electrons. The van der Waals surface area contributed by atoms with Crippen LogP contribution in [0.15, 0.2) is 36.4 Å². The summed E-state index contributed by atoms with van der Waals surface area (Å²) in [5.41, 5.74) is 5.68. The predicted molar refractivity (Wildman–Crippen MR) is 165 cm³/mol. The zero-order valence-electron chi connectivity index (χ0n) is 24.6. The summed E-state index contributed by atoms with van der Waals surface area (Å²) in [6.07, 6.45) is 4.81. The SMILES string of the molecule is C=O.C=O.CCCC12CC(NC(=O)COc3ccc(Cl)c(F)c3)C1C2.CN.CNc1cc(Cl)ccc1O.COCCO. The Balaban J connectivity index is 0. The molecule has 4 rings (SSSR count). The third-order valence-corrected chi connectivity index (χ3v) is 6.79. The summed E-state index contributed by atoms with van der Waals surface area (Å²) < 4.78 is 23.0. The lowest BCUT2D eigenvalue weighted by atomic mass is 9.77. The van der Waals surface area contributed by atoms with Crippen LogP contribution in [0.3, 0.4) is 0 Å². The molecule has 0 bridgehead atoms. The monoisotopic (exact) mass is 635 g/mol. The molecule has 1 amide bonds. The van der Waals surface area contributed by atoms with Crippen LogP contribution in [0.2, 0.25) is 10.0 Å². The number of phenols is 1. The Bertz CT molecular complexity index is 1030.